The summed E-state index contributed by atoms with van der Waals surface area (Å²) in [5, 5.41) is 0. The predicted octanol–water partition coefficient (Wildman–Crippen LogP) is 3.82. The number of amides is 1. The molecule has 0 bridgehead atoms. The predicted molar refractivity (Wildman–Crippen MR) is 95.7 cm³/mol. The Morgan fingerprint density at radius 1 is 0.792 bits per heavy atom. The summed E-state index contributed by atoms with van der Waals surface area (Å²) in [6, 6.07) is 19.8. The number of benzene rings is 2. The monoisotopic (exact) mass is 317 g/mol. The molecular formula is C20H19N3O. The number of rotatable bonds is 3. The van der Waals surface area contributed by atoms with E-state index in [2.05, 4.69) is 4.98 Å². The van der Waals surface area contributed by atoms with Gasteiger partial charge in [0.2, 0.25) is 0 Å². The lowest BCUT2D eigenvalue weighted by molar-refractivity contribution is 0.0821. The molecule has 1 heterocycles. The molecule has 0 spiro atoms. The summed E-state index contributed by atoms with van der Waals surface area (Å²) in [7, 11) is 3.44. The molecule has 0 fully saturated rings. The maximum Gasteiger partial charge on any atom is 0.273 e. The number of aromatic nitrogens is 2. The van der Waals surface area contributed by atoms with Crippen LogP contribution in [0.3, 0.4) is 0 Å². The maximum atomic E-state index is 12.4. The van der Waals surface area contributed by atoms with Crippen molar-refractivity contribution in [3.63, 3.8) is 0 Å². The molecule has 24 heavy (non-hydrogen) atoms. The van der Waals surface area contributed by atoms with Crippen molar-refractivity contribution in [1.29, 1.82) is 0 Å². The van der Waals surface area contributed by atoms with Gasteiger partial charge in [-0.15, -0.1) is 0 Å². The second-order valence-corrected chi connectivity index (χ2v) is 5.79. The molecule has 0 unspecified atom stereocenters. The van der Waals surface area contributed by atoms with E-state index < -0.39 is 0 Å². The summed E-state index contributed by atoms with van der Waals surface area (Å²) in [6.45, 7) is 1.82. The van der Waals surface area contributed by atoms with E-state index in [-0.39, 0.29) is 5.91 Å². The average Bonchev–Trinajstić information content (AvgIpc) is 2.62. The zero-order valence-corrected chi connectivity index (χ0v) is 14.0. The van der Waals surface area contributed by atoms with Crippen LogP contribution in [-0.4, -0.2) is 34.9 Å². The number of hydrogen-bond acceptors (Lipinski definition) is 3. The van der Waals surface area contributed by atoms with Gasteiger partial charge in [-0.3, -0.25) is 4.79 Å². The number of carbonyl (C=O) groups excluding carboxylic acids is 1. The molecule has 0 aliphatic rings. The summed E-state index contributed by atoms with van der Waals surface area (Å²) in [5.74, 6) is -0.142. The molecule has 0 aliphatic heterocycles. The van der Waals surface area contributed by atoms with Crippen LogP contribution in [0, 0.1) is 6.92 Å². The second-order valence-electron chi connectivity index (χ2n) is 5.79. The van der Waals surface area contributed by atoms with E-state index in [9.17, 15) is 4.79 Å². The maximum absolute atomic E-state index is 12.4. The quantitative estimate of drug-likeness (QED) is 0.738. The second kappa shape index (κ2) is 6.62. The summed E-state index contributed by atoms with van der Waals surface area (Å²) in [6.07, 6.45) is 0. The third kappa shape index (κ3) is 3.04. The first-order valence-corrected chi connectivity index (χ1v) is 7.79. The highest BCUT2D eigenvalue weighted by Crippen LogP contribution is 2.29. The van der Waals surface area contributed by atoms with E-state index in [1.165, 1.54) is 4.90 Å². The van der Waals surface area contributed by atoms with Gasteiger partial charge in [0.25, 0.3) is 5.91 Å². The average molecular weight is 317 g/mol. The molecule has 1 amide bonds. The third-order valence-electron chi connectivity index (χ3n) is 3.77. The smallest absolute Gasteiger partial charge is 0.273 e. The Morgan fingerprint density at radius 2 is 1.25 bits per heavy atom. The Bertz CT molecular complexity index is 859. The van der Waals surface area contributed by atoms with Crippen LogP contribution in [0.4, 0.5) is 0 Å². The Morgan fingerprint density at radius 3 is 1.71 bits per heavy atom. The van der Waals surface area contributed by atoms with E-state index in [1.54, 1.807) is 14.1 Å². The van der Waals surface area contributed by atoms with Gasteiger partial charge in [0.05, 0.1) is 17.1 Å². The molecule has 0 atom stereocenters. The molecule has 4 heteroatoms. The first-order chi connectivity index (χ1) is 11.6. The Labute approximate surface area is 141 Å². The van der Waals surface area contributed by atoms with Gasteiger partial charge >= 0.3 is 0 Å². The normalized spacial score (nSPS) is 10.5. The van der Waals surface area contributed by atoms with Gasteiger partial charge in [0, 0.05) is 25.2 Å². The topological polar surface area (TPSA) is 46.1 Å². The zero-order valence-electron chi connectivity index (χ0n) is 14.0. The molecule has 1 aromatic heterocycles. The minimum absolute atomic E-state index is 0.142. The Kier molecular flexibility index (Phi) is 4.38. The highest BCUT2D eigenvalue weighted by atomic mass is 16.2. The van der Waals surface area contributed by atoms with Gasteiger partial charge in [-0.25, -0.2) is 9.97 Å². The molecule has 120 valence electrons. The van der Waals surface area contributed by atoms with Crippen molar-refractivity contribution >= 4 is 5.91 Å². The zero-order chi connectivity index (χ0) is 17.1. The summed E-state index contributed by atoms with van der Waals surface area (Å²) < 4.78 is 0. The lowest BCUT2D eigenvalue weighted by Crippen LogP contribution is -2.24. The van der Waals surface area contributed by atoms with Crippen LogP contribution < -0.4 is 0 Å². The summed E-state index contributed by atoms with van der Waals surface area (Å²) >= 11 is 0. The fourth-order valence-electron chi connectivity index (χ4n) is 2.53. The number of nitrogens with zero attached hydrogens (tertiary/aromatic N) is 3. The van der Waals surface area contributed by atoms with Gasteiger partial charge < -0.3 is 4.90 Å². The standard InChI is InChI=1S/C20H19N3O/c1-14-17(20(24)23(2)3)22-19(16-12-8-5-9-13-16)18(21-14)15-10-6-4-7-11-15/h4-13H,1-3H3. The third-order valence-corrected chi connectivity index (χ3v) is 3.77. The van der Waals surface area contributed by atoms with Crippen LogP contribution in [0.2, 0.25) is 0 Å². The number of carbonyl (C=O) groups is 1. The largest absolute Gasteiger partial charge is 0.343 e. The molecule has 0 saturated heterocycles. The molecule has 0 radical (unpaired) electrons. The van der Waals surface area contributed by atoms with E-state index in [1.807, 2.05) is 67.6 Å². The minimum atomic E-state index is -0.142. The summed E-state index contributed by atoms with van der Waals surface area (Å²) in [5.41, 5.74) is 4.45. The van der Waals surface area contributed by atoms with Crippen molar-refractivity contribution < 1.29 is 4.79 Å². The van der Waals surface area contributed by atoms with Crippen LogP contribution in [0.5, 0.6) is 0 Å². The molecule has 0 aliphatic carbocycles. The highest BCUT2D eigenvalue weighted by Gasteiger charge is 2.19. The van der Waals surface area contributed by atoms with E-state index in [0.717, 1.165) is 22.5 Å². The Balaban J connectivity index is 2.26. The number of aryl methyl sites for hydroxylation is 1. The first-order valence-electron chi connectivity index (χ1n) is 7.79. The van der Waals surface area contributed by atoms with Crippen LogP contribution in [-0.2, 0) is 0 Å². The van der Waals surface area contributed by atoms with Crippen LogP contribution >= 0.6 is 0 Å². The van der Waals surface area contributed by atoms with Crippen molar-refractivity contribution in [1.82, 2.24) is 14.9 Å². The van der Waals surface area contributed by atoms with Crippen LogP contribution in [0.1, 0.15) is 16.2 Å². The molecule has 2 aromatic carbocycles. The fourth-order valence-corrected chi connectivity index (χ4v) is 2.53. The fraction of sp³-hybridized carbons (Fsp3) is 0.150. The molecule has 3 aromatic rings. The van der Waals surface area contributed by atoms with Gasteiger partial charge in [0.15, 0.2) is 0 Å². The van der Waals surface area contributed by atoms with Crippen molar-refractivity contribution in [2.75, 3.05) is 14.1 Å². The van der Waals surface area contributed by atoms with E-state index >= 15 is 0 Å². The van der Waals surface area contributed by atoms with Crippen LogP contribution in [0.25, 0.3) is 22.5 Å². The van der Waals surface area contributed by atoms with Gasteiger partial charge in [-0.05, 0) is 6.92 Å². The molecule has 0 N–H and O–H groups in total. The molecule has 4 nitrogen and oxygen atoms in total. The minimum Gasteiger partial charge on any atom is -0.343 e. The molecule has 3 rings (SSSR count). The lowest BCUT2D eigenvalue weighted by Gasteiger charge is -2.15. The summed E-state index contributed by atoms with van der Waals surface area (Å²) in [4.78, 5) is 23.3. The van der Waals surface area contributed by atoms with E-state index in [0.29, 0.717) is 11.4 Å². The van der Waals surface area contributed by atoms with Crippen molar-refractivity contribution in [2.45, 2.75) is 6.92 Å². The highest BCUT2D eigenvalue weighted by molar-refractivity contribution is 5.94. The van der Waals surface area contributed by atoms with Crippen LogP contribution in [0.15, 0.2) is 60.7 Å². The van der Waals surface area contributed by atoms with E-state index in [4.69, 9.17) is 4.98 Å². The Hall–Kier alpha value is -3.01. The van der Waals surface area contributed by atoms with Crippen molar-refractivity contribution in [3.05, 3.63) is 72.1 Å². The van der Waals surface area contributed by atoms with Gasteiger partial charge in [0.1, 0.15) is 5.69 Å². The van der Waals surface area contributed by atoms with Gasteiger partial charge in [-0.2, -0.15) is 0 Å². The first kappa shape index (κ1) is 15.9. The molecule has 0 saturated carbocycles. The molecular weight excluding hydrogens is 298 g/mol. The SMILES string of the molecule is Cc1nc(-c2ccccc2)c(-c2ccccc2)nc1C(=O)N(C)C. The lowest BCUT2D eigenvalue weighted by atomic mass is 10.0. The number of hydrogen-bond donors (Lipinski definition) is 0. The van der Waals surface area contributed by atoms with Crippen molar-refractivity contribution in [2.24, 2.45) is 0 Å². The van der Waals surface area contributed by atoms with Gasteiger partial charge in [-0.1, -0.05) is 60.7 Å². The van der Waals surface area contributed by atoms with Crippen molar-refractivity contribution in [3.8, 4) is 22.5 Å².